The summed E-state index contributed by atoms with van der Waals surface area (Å²) in [6.07, 6.45) is 0. The van der Waals surface area contributed by atoms with Gasteiger partial charge in [0.25, 0.3) is 0 Å². The zero-order chi connectivity index (χ0) is 3.54. The van der Waals surface area contributed by atoms with Crippen molar-refractivity contribution < 1.29 is 22.0 Å². The van der Waals surface area contributed by atoms with E-state index in [0.717, 1.165) is 0 Å². The fourth-order valence-electron chi connectivity index (χ4n) is 0.108. The van der Waals surface area contributed by atoms with Crippen LogP contribution in [0, 0.1) is 0 Å². The molecule has 0 spiro atoms. The third-order valence-corrected chi connectivity index (χ3v) is 0.596. The van der Waals surface area contributed by atoms with Crippen LogP contribution >= 0.6 is 11.9 Å². The zero-order valence-electron chi connectivity index (χ0n) is 2.64. The van der Waals surface area contributed by atoms with Crippen LogP contribution < -0.4 is 4.89 Å². The van der Waals surface area contributed by atoms with Crippen LogP contribution in [0.15, 0.2) is 5.16 Å². The first-order chi connectivity index (χ1) is 2.50. The maximum atomic E-state index is 4.23. The van der Waals surface area contributed by atoms with Crippen LogP contribution in [0.25, 0.3) is 0 Å². The molecule has 1 radical (unpaired) electrons. The molecule has 0 aromatic heterocycles. The first kappa shape index (κ1) is 6.30. The van der Waals surface area contributed by atoms with Crippen molar-refractivity contribution in [1.29, 1.82) is 0 Å². The van der Waals surface area contributed by atoms with Gasteiger partial charge in [-0.3, -0.25) is 4.94 Å². The molecule has 1 N–H and O–H groups in total. The second-order valence-electron chi connectivity index (χ2n) is 0.503. The monoisotopic (exact) mass is 153 g/mol. The van der Waals surface area contributed by atoms with E-state index in [2.05, 4.69) is 15.0 Å². The zero-order valence-corrected chi connectivity index (χ0v) is 4.40. The van der Waals surface area contributed by atoms with Crippen LogP contribution in [0.1, 0.15) is 0 Å². The van der Waals surface area contributed by atoms with Crippen molar-refractivity contribution >= 4 is 17.5 Å². The van der Waals surface area contributed by atoms with E-state index < -0.39 is 0 Å². The number of hydrogen-bond donors (Lipinski definition) is 1. The molecule has 0 fully saturated rings. The van der Waals surface area contributed by atoms with Gasteiger partial charge in [0.1, 0.15) is 5.55 Å². The first-order valence-electron chi connectivity index (χ1n) is 1.08. The van der Waals surface area contributed by atoms with Gasteiger partial charge in [-0.15, -0.1) is 0 Å². The van der Waals surface area contributed by atoms with Crippen LogP contribution in [0.3, 0.4) is 0 Å². The molecule has 0 bridgehead atoms. The predicted octanol–water partition coefficient (Wildman–Crippen LogP) is 0.110. The average molecular weight is 154 g/mol. The molecule has 0 amide bonds. The van der Waals surface area contributed by atoms with Crippen LogP contribution in [0.2, 0.25) is 0 Å². The number of nitrogens with zero attached hydrogens (tertiary/aromatic N) is 1. The summed E-state index contributed by atoms with van der Waals surface area (Å²) < 4.78 is 0. The molecule has 39 valence electrons. The summed E-state index contributed by atoms with van der Waals surface area (Å²) in [6, 6.07) is 0. The van der Waals surface area contributed by atoms with Crippen molar-refractivity contribution in [2.45, 2.75) is 0 Å². The van der Waals surface area contributed by atoms with E-state index in [0.29, 0.717) is 0 Å². The molecule has 1 aliphatic heterocycles. The molecule has 6 heavy (non-hydrogen) atoms. The summed E-state index contributed by atoms with van der Waals surface area (Å²) in [5.74, 6) is 0. The Morgan fingerprint density at radius 1 is 1.83 bits per heavy atom. The molecule has 1 rings (SSSR count). The standard InChI is InChI=1S/CH2N2OS.Cu/c1-2-4-3-5-1;/h1,3H;. The number of rotatable bonds is 0. The van der Waals surface area contributed by atoms with Crippen molar-refractivity contribution in [2.75, 3.05) is 0 Å². The molecule has 0 aliphatic carbocycles. The third-order valence-electron chi connectivity index (χ3n) is 0.234. The van der Waals surface area contributed by atoms with Gasteiger partial charge in [0, 0.05) is 29.0 Å². The maximum absolute atomic E-state index is 4.23. The SMILES string of the molecule is C1=NONS1.[Cu]. The Hall–Kier alpha value is 0.299. The van der Waals surface area contributed by atoms with Gasteiger partial charge in [-0.25, -0.2) is 0 Å². The van der Waals surface area contributed by atoms with Crippen molar-refractivity contribution in [3.63, 3.8) is 0 Å². The summed E-state index contributed by atoms with van der Waals surface area (Å²) in [6.45, 7) is 0. The van der Waals surface area contributed by atoms with Crippen molar-refractivity contribution in [3.05, 3.63) is 0 Å². The Morgan fingerprint density at radius 2 is 2.67 bits per heavy atom. The van der Waals surface area contributed by atoms with Crippen molar-refractivity contribution in [1.82, 2.24) is 4.89 Å². The minimum absolute atomic E-state index is 0. The fraction of sp³-hybridized carbons (Fsp3) is 0. The molecular weight excluding hydrogens is 152 g/mol. The maximum Gasteiger partial charge on any atom is 0.120 e. The largest absolute Gasteiger partial charge is 0.288 e. The summed E-state index contributed by atoms with van der Waals surface area (Å²) in [5.41, 5.74) is 1.57. The Balaban J connectivity index is 0.000000250. The molecule has 0 saturated heterocycles. The van der Waals surface area contributed by atoms with Gasteiger partial charge in [0.15, 0.2) is 0 Å². The minimum atomic E-state index is 0. The fourth-order valence-corrected chi connectivity index (χ4v) is 0.323. The summed E-state index contributed by atoms with van der Waals surface area (Å²) in [4.78, 5) is 6.64. The molecule has 1 aliphatic rings. The summed E-state index contributed by atoms with van der Waals surface area (Å²) in [5, 5.41) is 3.31. The van der Waals surface area contributed by atoms with E-state index in [-0.39, 0.29) is 17.1 Å². The van der Waals surface area contributed by atoms with Gasteiger partial charge < -0.3 is 0 Å². The third kappa shape index (κ3) is 1.67. The molecule has 3 nitrogen and oxygen atoms in total. The second kappa shape index (κ2) is 3.49. The van der Waals surface area contributed by atoms with Gasteiger partial charge in [0.2, 0.25) is 0 Å². The molecule has 0 unspecified atom stereocenters. The normalized spacial score (nSPS) is 16.0. The van der Waals surface area contributed by atoms with E-state index in [1.807, 2.05) is 0 Å². The molecule has 1 heterocycles. The Labute approximate surface area is 50.1 Å². The Bertz CT molecular complexity index is 51.5. The van der Waals surface area contributed by atoms with Crippen molar-refractivity contribution in [2.24, 2.45) is 5.16 Å². The van der Waals surface area contributed by atoms with Gasteiger partial charge in [-0.05, 0) is 0 Å². The first-order valence-corrected chi connectivity index (χ1v) is 1.96. The van der Waals surface area contributed by atoms with Gasteiger partial charge in [-0.1, -0.05) is 10.0 Å². The number of hydrogen-bond acceptors (Lipinski definition) is 4. The van der Waals surface area contributed by atoms with E-state index >= 15 is 0 Å². The Morgan fingerprint density at radius 3 is 2.83 bits per heavy atom. The molecule has 0 aromatic carbocycles. The molecular formula is CH2CuN2OS. The van der Waals surface area contributed by atoms with Crippen LogP contribution in [-0.4, -0.2) is 5.55 Å². The summed E-state index contributed by atoms with van der Waals surface area (Å²) in [7, 11) is 0. The van der Waals surface area contributed by atoms with E-state index in [4.69, 9.17) is 0 Å². The average Bonchev–Trinajstić information content (AvgIpc) is 1.76. The van der Waals surface area contributed by atoms with Crippen LogP contribution in [0.4, 0.5) is 0 Å². The second-order valence-corrected chi connectivity index (χ2v) is 1.12. The van der Waals surface area contributed by atoms with Crippen LogP contribution in [-0.2, 0) is 22.0 Å². The summed E-state index contributed by atoms with van der Waals surface area (Å²) >= 11 is 1.31. The van der Waals surface area contributed by atoms with E-state index in [1.165, 1.54) is 11.9 Å². The quantitative estimate of drug-likeness (QED) is 0.396. The Kier molecular flexibility index (Phi) is 3.66. The molecule has 0 atom stereocenters. The topological polar surface area (TPSA) is 33.6 Å². The predicted molar refractivity (Wildman–Crippen MR) is 20.3 cm³/mol. The molecule has 0 aromatic rings. The van der Waals surface area contributed by atoms with Crippen molar-refractivity contribution in [3.8, 4) is 0 Å². The van der Waals surface area contributed by atoms with E-state index in [1.54, 1.807) is 5.55 Å². The number of nitrogens with one attached hydrogen (secondary N) is 1. The minimum Gasteiger partial charge on any atom is -0.288 e. The van der Waals surface area contributed by atoms with Crippen LogP contribution in [0.5, 0.6) is 0 Å². The number of oxime groups is 1. The van der Waals surface area contributed by atoms with E-state index in [9.17, 15) is 0 Å². The molecule has 5 heteroatoms. The van der Waals surface area contributed by atoms with Gasteiger partial charge >= 0.3 is 0 Å². The molecule has 0 saturated carbocycles. The van der Waals surface area contributed by atoms with Gasteiger partial charge in [-0.2, -0.15) is 0 Å². The van der Waals surface area contributed by atoms with Gasteiger partial charge in [0.05, 0.1) is 0 Å². The smallest absolute Gasteiger partial charge is 0.120 e.